The smallest absolute Gasteiger partial charge is 0.0741 e. The van der Waals surface area contributed by atoms with Crippen LogP contribution in [0.5, 0.6) is 0 Å². The minimum atomic E-state index is 0.463. The maximum absolute atomic E-state index is 5.23. The van der Waals surface area contributed by atoms with Gasteiger partial charge >= 0.3 is 0 Å². The van der Waals surface area contributed by atoms with Gasteiger partial charge in [-0.1, -0.05) is 74.5 Å². The van der Waals surface area contributed by atoms with E-state index in [0.717, 1.165) is 29.8 Å². The van der Waals surface area contributed by atoms with Gasteiger partial charge < -0.3 is 0 Å². The fourth-order valence-corrected chi connectivity index (χ4v) is 5.66. The molecule has 4 aromatic rings. The standard InChI is InChI=1S/C30H28N2S/c1-20(2)22-17-23(30-26(18-22)24-13-8-10-16-28(24)33-30)19-32-29(21-11-5-4-6-12-21)25-14-7-9-15-27(25)31-3/h5,7-18,20H,3-4,6,19H2,1-2H3/b32-29-. The van der Waals surface area contributed by atoms with Crippen molar-refractivity contribution in [3.8, 4) is 0 Å². The maximum atomic E-state index is 5.23. The van der Waals surface area contributed by atoms with Gasteiger partial charge in [-0.25, -0.2) is 0 Å². The lowest BCUT2D eigenvalue weighted by Crippen LogP contribution is -2.07. The highest BCUT2D eigenvalue weighted by molar-refractivity contribution is 7.26. The highest BCUT2D eigenvalue weighted by Gasteiger charge is 2.16. The highest BCUT2D eigenvalue weighted by atomic mass is 32.1. The lowest BCUT2D eigenvalue weighted by molar-refractivity contribution is 0.865. The number of benzene rings is 3. The molecule has 1 aromatic heterocycles. The van der Waals surface area contributed by atoms with E-state index < -0.39 is 0 Å². The van der Waals surface area contributed by atoms with Crippen LogP contribution < -0.4 is 0 Å². The summed E-state index contributed by atoms with van der Waals surface area (Å²) in [6.45, 7) is 8.95. The number of allylic oxidation sites excluding steroid dienone is 4. The van der Waals surface area contributed by atoms with Crippen LogP contribution in [0.1, 0.15) is 49.3 Å². The predicted molar refractivity (Wildman–Crippen MR) is 146 cm³/mol. The van der Waals surface area contributed by atoms with E-state index >= 15 is 0 Å². The molecule has 1 aliphatic carbocycles. The summed E-state index contributed by atoms with van der Waals surface area (Å²) < 4.78 is 2.67. The third-order valence-electron chi connectivity index (χ3n) is 6.25. The Morgan fingerprint density at radius 1 is 1.00 bits per heavy atom. The minimum absolute atomic E-state index is 0.463. The molecule has 0 radical (unpaired) electrons. The van der Waals surface area contributed by atoms with Gasteiger partial charge in [0.05, 0.1) is 17.9 Å². The van der Waals surface area contributed by atoms with E-state index in [4.69, 9.17) is 4.99 Å². The van der Waals surface area contributed by atoms with Gasteiger partial charge in [0.2, 0.25) is 0 Å². The topological polar surface area (TPSA) is 24.7 Å². The average molecular weight is 449 g/mol. The number of thiophene rings is 1. The summed E-state index contributed by atoms with van der Waals surface area (Å²) in [5.41, 5.74) is 6.74. The van der Waals surface area contributed by atoms with E-state index in [1.165, 1.54) is 36.9 Å². The molecule has 0 fully saturated rings. The summed E-state index contributed by atoms with van der Waals surface area (Å²) in [4.78, 5) is 9.51. The first kappa shape index (κ1) is 21.5. The molecule has 0 N–H and O–H groups in total. The largest absolute Gasteiger partial charge is 0.279 e. The van der Waals surface area contributed by atoms with E-state index in [2.05, 4.69) is 92.3 Å². The van der Waals surface area contributed by atoms with Gasteiger partial charge in [0.1, 0.15) is 0 Å². The van der Waals surface area contributed by atoms with Crippen LogP contribution in [0.15, 0.2) is 94.4 Å². The summed E-state index contributed by atoms with van der Waals surface area (Å²) in [5.74, 6) is 0.463. The number of nitrogens with zero attached hydrogens (tertiary/aromatic N) is 2. The van der Waals surface area contributed by atoms with Crippen molar-refractivity contribution < 1.29 is 0 Å². The van der Waals surface area contributed by atoms with Crippen LogP contribution in [0.3, 0.4) is 0 Å². The predicted octanol–water partition coefficient (Wildman–Crippen LogP) is 8.78. The molecule has 3 aromatic carbocycles. The zero-order valence-corrected chi connectivity index (χ0v) is 20.0. The Hall–Kier alpha value is -3.30. The van der Waals surface area contributed by atoms with Crippen LogP contribution in [0, 0.1) is 0 Å². The van der Waals surface area contributed by atoms with Crippen LogP contribution in [0.2, 0.25) is 0 Å². The lowest BCUT2D eigenvalue weighted by Gasteiger charge is -2.14. The first-order chi connectivity index (χ1) is 16.2. The van der Waals surface area contributed by atoms with Crippen molar-refractivity contribution in [3.05, 3.63) is 101 Å². The lowest BCUT2D eigenvalue weighted by atomic mass is 9.95. The van der Waals surface area contributed by atoms with Gasteiger partial charge in [-0.15, -0.1) is 11.3 Å². The Morgan fingerprint density at radius 3 is 2.61 bits per heavy atom. The Kier molecular flexibility index (Phi) is 6.06. The van der Waals surface area contributed by atoms with Gasteiger partial charge in [0, 0.05) is 25.7 Å². The van der Waals surface area contributed by atoms with E-state index in [-0.39, 0.29) is 0 Å². The Balaban J connectivity index is 1.68. The SMILES string of the molecule is C=Nc1ccccc1/C(=N\Cc1cc(C(C)C)cc2c1sc1ccccc12)C1=CCCC=C1. The van der Waals surface area contributed by atoms with Crippen molar-refractivity contribution in [2.24, 2.45) is 9.98 Å². The Morgan fingerprint density at radius 2 is 1.82 bits per heavy atom. The number of fused-ring (bicyclic) bond motifs is 3. The summed E-state index contributed by atoms with van der Waals surface area (Å²) in [5, 5.41) is 2.68. The Labute approximate surface area is 199 Å². The monoisotopic (exact) mass is 448 g/mol. The van der Waals surface area contributed by atoms with Crippen LogP contribution in [0.25, 0.3) is 20.2 Å². The number of aliphatic imine (C=N–C) groups is 2. The molecule has 3 heteroatoms. The first-order valence-electron chi connectivity index (χ1n) is 11.6. The van der Waals surface area contributed by atoms with Crippen LogP contribution in [0.4, 0.5) is 5.69 Å². The summed E-state index contributed by atoms with van der Waals surface area (Å²) in [6.07, 6.45) is 8.84. The van der Waals surface area contributed by atoms with E-state index in [1.54, 1.807) is 0 Å². The third-order valence-corrected chi connectivity index (χ3v) is 7.51. The average Bonchev–Trinajstić information content (AvgIpc) is 3.24. The molecule has 0 spiro atoms. The second kappa shape index (κ2) is 9.29. The number of hydrogen-bond acceptors (Lipinski definition) is 3. The molecule has 0 saturated carbocycles. The number of hydrogen-bond donors (Lipinski definition) is 0. The van der Waals surface area contributed by atoms with E-state index in [0.29, 0.717) is 12.5 Å². The minimum Gasteiger partial charge on any atom is -0.279 e. The molecular weight excluding hydrogens is 420 g/mol. The Bertz CT molecular complexity index is 1430. The van der Waals surface area contributed by atoms with Crippen molar-refractivity contribution in [2.45, 2.75) is 39.2 Å². The number of para-hydroxylation sites is 1. The molecule has 0 amide bonds. The summed E-state index contributed by atoms with van der Waals surface area (Å²) in [6, 6.07) is 21.6. The van der Waals surface area contributed by atoms with Crippen LogP contribution in [-0.4, -0.2) is 12.4 Å². The molecule has 0 saturated heterocycles. The van der Waals surface area contributed by atoms with Gasteiger partial charge in [0.15, 0.2) is 0 Å². The molecule has 1 aliphatic rings. The van der Waals surface area contributed by atoms with Crippen molar-refractivity contribution in [1.82, 2.24) is 0 Å². The molecule has 33 heavy (non-hydrogen) atoms. The second-order valence-corrected chi connectivity index (χ2v) is 9.84. The van der Waals surface area contributed by atoms with Gasteiger partial charge in [-0.3, -0.25) is 9.98 Å². The molecule has 0 bridgehead atoms. The third kappa shape index (κ3) is 4.21. The molecule has 1 heterocycles. The van der Waals surface area contributed by atoms with Gasteiger partial charge in [-0.05, 0) is 60.4 Å². The number of rotatable bonds is 6. The molecule has 164 valence electrons. The fourth-order valence-electron chi connectivity index (χ4n) is 4.47. The van der Waals surface area contributed by atoms with Gasteiger partial charge in [-0.2, -0.15) is 0 Å². The molecule has 0 unspecified atom stereocenters. The van der Waals surface area contributed by atoms with E-state index in [1.807, 2.05) is 23.5 Å². The fraction of sp³-hybridized carbons (Fsp3) is 0.200. The quantitative estimate of drug-likeness (QED) is 0.263. The van der Waals surface area contributed by atoms with Crippen molar-refractivity contribution in [3.63, 3.8) is 0 Å². The molecular formula is C30H28N2S. The normalized spacial score (nSPS) is 14.3. The van der Waals surface area contributed by atoms with E-state index in [9.17, 15) is 0 Å². The molecule has 0 atom stereocenters. The molecule has 2 nitrogen and oxygen atoms in total. The summed E-state index contributed by atoms with van der Waals surface area (Å²) in [7, 11) is 0. The van der Waals surface area contributed by atoms with Crippen LogP contribution >= 0.6 is 11.3 Å². The summed E-state index contributed by atoms with van der Waals surface area (Å²) >= 11 is 1.87. The van der Waals surface area contributed by atoms with Crippen LogP contribution in [-0.2, 0) is 6.54 Å². The molecule has 0 aliphatic heterocycles. The zero-order valence-electron chi connectivity index (χ0n) is 19.2. The zero-order chi connectivity index (χ0) is 22.8. The van der Waals surface area contributed by atoms with Gasteiger partial charge in [0.25, 0.3) is 0 Å². The van der Waals surface area contributed by atoms with Crippen molar-refractivity contribution in [1.29, 1.82) is 0 Å². The highest BCUT2D eigenvalue weighted by Crippen LogP contribution is 2.38. The first-order valence-corrected chi connectivity index (χ1v) is 12.4. The molecule has 5 rings (SSSR count). The van der Waals surface area contributed by atoms with Crippen molar-refractivity contribution >= 4 is 49.6 Å². The second-order valence-electron chi connectivity index (χ2n) is 8.79. The van der Waals surface area contributed by atoms with Crippen molar-refractivity contribution in [2.75, 3.05) is 0 Å². The maximum Gasteiger partial charge on any atom is 0.0741 e.